The maximum absolute atomic E-state index is 11.8. The smallest absolute Gasteiger partial charge is 0.243 e. The number of halogens is 2. The fraction of sp³-hybridized carbons (Fsp3) is 0.0714. The topological polar surface area (TPSA) is 41.1 Å². The maximum atomic E-state index is 11.8. The van der Waals surface area contributed by atoms with Gasteiger partial charge in [-0.05, 0) is 30.3 Å². The van der Waals surface area contributed by atoms with E-state index in [1.54, 1.807) is 6.07 Å². The fourth-order valence-electron chi connectivity index (χ4n) is 1.55. The molecule has 0 aromatic heterocycles. The van der Waals surface area contributed by atoms with E-state index in [2.05, 4.69) is 26.6 Å². The Morgan fingerprint density at radius 2 is 1.95 bits per heavy atom. The Kier molecular flexibility index (Phi) is 4.82. The number of amides is 1. The number of hydrogen-bond acceptors (Lipinski definition) is 2. The summed E-state index contributed by atoms with van der Waals surface area (Å²) in [5.74, 6) is -0.127. The summed E-state index contributed by atoms with van der Waals surface area (Å²) in [6.45, 7) is 0.163. The van der Waals surface area contributed by atoms with Gasteiger partial charge in [0.05, 0.1) is 17.3 Å². The Morgan fingerprint density at radius 3 is 2.68 bits per heavy atom. The summed E-state index contributed by atoms with van der Waals surface area (Å²) in [5.41, 5.74) is 1.49. The summed E-state index contributed by atoms with van der Waals surface area (Å²) in [6.07, 6.45) is 0. The molecule has 0 unspecified atom stereocenters. The molecule has 0 atom stereocenters. The zero-order chi connectivity index (χ0) is 13.7. The van der Waals surface area contributed by atoms with Gasteiger partial charge in [0.2, 0.25) is 5.91 Å². The maximum Gasteiger partial charge on any atom is 0.243 e. The summed E-state index contributed by atoms with van der Waals surface area (Å²) < 4.78 is 0.921. The van der Waals surface area contributed by atoms with E-state index in [1.807, 2.05) is 42.5 Å². The van der Waals surface area contributed by atoms with Crippen molar-refractivity contribution in [1.29, 1.82) is 0 Å². The molecule has 0 aliphatic carbocycles. The fourth-order valence-corrected chi connectivity index (χ4v) is 2.15. The minimum absolute atomic E-state index is 0.127. The van der Waals surface area contributed by atoms with E-state index in [4.69, 9.17) is 11.6 Å². The molecule has 1 amide bonds. The van der Waals surface area contributed by atoms with E-state index in [1.165, 1.54) is 0 Å². The first kappa shape index (κ1) is 13.9. The molecule has 0 aliphatic rings. The van der Waals surface area contributed by atoms with Crippen LogP contribution in [0.5, 0.6) is 0 Å². The van der Waals surface area contributed by atoms with Gasteiger partial charge in [0.15, 0.2) is 0 Å². The van der Waals surface area contributed by atoms with Crippen molar-refractivity contribution < 1.29 is 4.79 Å². The second-order valence-corrected chi connectivity index (χ2v) is 5.21. The Balaban J connectivity index is 1.90. The quantitative estimate of drug-likeness (QED) is 0.878. The summed E-state index contributed by atoms with van der Waals surface area (Å²) in [4.78, 5) is 11.8. The second-order valence-electron chi connectivity index (χ2n) is 3.89. The van der Waals surface area contributed by atoms with Crippen LogP contribution in [0.15, 0.2) is 53.0 Å². The normalized spacial score (nSPS) is 10.0. The van der Waals surface area contributed by atoms with Crippen molar-refractivity contribution in [3.63, 3.8) is 0 Å². The van der Waals surface area contributed by atoms with Crippen molar-refractivity contribution in [1.82, 2.24) is 0 Å². The highest BCUT2D eigenvalue weighted by Crippen LogP contribution is 2.20. The van der Waals surface area contributed by atoms with Gasteiger partial charge in [0, 0.05) is 10.2 Å². The van der Waals surface area contributed by atoms with Crippen LogP contribution in [0.3, 0.4) is 0 Å². The number of benzene rings is 2. The predicted molar refractivity (Wildman–Crippen MR) is 82.7 cm³/mol. The lowest BCUT2D eigenvalue weighted by Gasteiger charge is -2.09. The molecule has 98 valence electrons. The first-order valence-corrected chi connectivity index (χ1v) is 6.86. The van der Waals surface area contributed by atoms with E-state index >= 15 is 0 Å². The van der Waals surface area contributed by atoms with Crippen molar-refractivity contribution in [3.8, 4) is 0 Å². The van der Waals surface area contributed by atoms with E-state index in [0.29, 0.717) is 5.02 Å². The van der Waals surface area contributed by atoms with Crippen LogP contribution in [0, 0.1) is 0 Å². The molecule has 0 saturated carbocycles. The second kappa shape index (κ2) is 6.59. The van der Waals surface area contributed by atoms with Crippen molar-refractivity contribution >= 4 is 44.8 Å². The molecule has 2 rings (SSSR count). The van der Waals surface area contributed by atoms with Gasteiger partial charge in [0.25, 0.3) is 0 Å². The molecule has 2 aromatic carbocycles. The Morgan fingerprint density at radius 1 is 1.16 bits per heavy atom. The molecule has 3 nitrogen and oxygen atoms in total. The summed E-state index contributed by atoms with van der Waals surface area (Å²) in [7, 11) is 0. The number of nitrogens with one attached hydrogen (secondary N) is 2. The standard InChI is InChI=1S/C14H12BrClN2O/c15-10-4-3-5-11(8-10)18-14(19)9-17-13-7-2-1-6-12(13)16/h1-8,17H,9H2,(H,18,19). The highest BCUT2D eigenvalue weighted by atomic mass is 79.9. The molecular weight excluding hydrogens is 328 g/mol. The Bertz CT molecular complexity index is 589. The SMILES string of the molecule is O=C(CNc1ccccc1Cl)Nc1cccc(Br)c1. The Labute approximate surface area is 125 Å². The number of carbonyl (C=O) groups is 1. The van der Waals surface area contributed by atoms with Crippen LogP contribution in [0.25, 0.3) is 0 Å². The van der Waals surface area contributed by atoms with Crippen molar-refractivity contribution in [2.75, 3.05) is 17.2 Å². The first-order chi connectivity index (χ1) is 9.15. The largest absolute Gasteiger partial charge is 0.375 e. The summed E-state index contributed by atoms with van der Waals surface area (Å²) in [5, 5.41) is 6.38. The predicted octanol–water partition coefficient (Wildman–Crippen LogP) is 4.15. The number of hydrogen-bond donors (Lipinski definition) is 2. The van der Waals surface area contributed by atoms with Gasteiger partial charge in [-0.15, -0.1) is 0 Å². The Hall–Kier alpha value is -1.52. The minimum Gasteiger partial charge on any atom is -0.375 e. The lowest BCUT2D eigenvalue weighted by molar-refractivity contribution is -0.114. The highest BCUT2D eigenvalue weighted by molar-refractivity contribution is 9.10. The molecule has 0 aliphatic heterocycles. The van der Waals surface area contributed by atoms with Gasteiger partial charge in [0.1, 0.15) is 0 Å². The molecule has 0 radical (unpaired) electrons. The zero-order valence-electron chi connectivity index (χ0n) is 9.99. The van der Waals surface area contributed by atoms with Crippen molar-refractivity contribution in [2.24, 2.45) is 0 Å². The van der Waals surface area contributed by atoms with Crippen LogP contribution in [-0.2, 0) is 4.79 Å². The molecule has 0 fully saturated rings. The molecule has 5 heteroatoms. The van der Waals surface area contributed by atoms with Crippen LogP contribution < -0.4 is 10.6 Å². The van der Waals surface area contributed by atoms with Crippen LogP contribution in [0.1, 0.15) is 0 Å². The van der Waals surface area contributed by atoms with Gasteiger partial charge in [-0.1, -0.05) is 45.7 Å². The van der Waals surface area contributed by atoms with Crippen LogP contribution in [0.2, 0.25) is 5.02 Å². The van der Waals surface area contributed by atoms with Gasteiger partial charge in [-0.3, -0.25) is 4.79 Å². The van der Waals surface area contributed by atoms with Crippen LogP contribution >= 0.6 is 27.5 Å². The molecule has 0 heterocycles. The number of rotatable bonds is 4. The highest BCUT2D eigenvalue weighted by Gasteiger charge is 2.04. The molecule has 0 saturated heterocycles. The van der Waals surface area contributed by atoms with Crippen LogP contribution in [0.4, 0.5) is 11.4 Å². The lowest BCUT2D eigenvalue weighted by Crippen LogP contribution is -2.21. The van der Waals surface area contributed by atoms with E-state index in [9.17, 15) is 4.79 Å². The first-order valence-electron chi connectivity index (χ1n) is 5.69. The van der Waals surface area contributed by atoms with E-state index < -0.39 is 0 Å². The third kappa shape index (κ3) is 4.26. The third-order valence-corrected chi connectivity index (χ3v) is 3.24. The lowest BCUT2D eigenvalue weighted by atomic mass is 10.3. The van der Waals surface area contributed by atoms with E-state index in [-0.39, 0.29) is 12.5 Å². The third-order valence-electron chi connectivity index (χ3n) is 2.42. The van der Waals surface area contributed by atoms with Gasteiger partial charge in [-0.25, -0.2) is 0 Å². The average Bonchev–Trinajstić information content (AvgIpc) is 2.38. The number of para-hydroxylation sites is 1. The van der Waals surface area contributed by atoms with E-state index in [0.717, 1.165) is 15.8 Å². The monoisotopic (exact) mass is 338 g/mol. The van der Waals surface area contributed by atoms with Crippen LogP contribution in [-0.4, -0.2) is 12.5 Å². The summed E-state index contributed by atoms with van der Waals surface area (Å²) >= 11 is 9.34. The van der Waals surface area contributed by atoms with Gasteiger partial charge in [-0.2, -0.15) is 0 Å². The van der Waals surface area contributed by atoms with Gasteiger partial charge < -0.3 is 10.6 Å². The zero-order valence-corrected chi connectivity index (χ0v) is 12.3. The van der Waals surface area contributed by atoms with Crippen molar-refractivity contribution in [3.05, 3.63) is 58.0 Å². The summed E-state index contributed by atoms with van der Waals surface area (Å²) in [6, 6.07) is 14.7. The molecule has 0 spiro atoms. The molecule has 19 heavy (non-hydrogen) atoms. The van der Waals surface area contributed by atoms with Gasteiger partial charge >= 0.3 is 0 Å². The number of carbonyl (C=O) groups excluding carboxylic acids is 1. The average molecular weight is 340 g/mol. The van der Waals surface area contributed by atoms with Crippen molar-refractivity contribution in [2.45, 2.75) is 0 Å². The molecule has 0 bridgehead atoms. The molecule has 2 N–H and O–H groups in total. The number of anilines is 2. The molecular formula is C14H12BrClN2O. The minimum atomic E-state index is -0.127. The molecule has 2 aromatic rings.